The zero-order chi connectivity index (χ0) is 12.7. The lowest BCUT2D eigenvalue weighted by molar-refractivity contribution is 0.0522. The van der Waals surface area contributed by atoms with Crippen molar-refractivity contribution in [3.05, 3.63) is 29.3 Å². The molecular weight excluding hydrogens is 240 g/mol. The third kappa shape index (κ3) is 3.93. The first-order chi connectivity index (χ1) is 8.22. The standard InChI is InChI=1S/C13H17ClO3/c1-3-17-13(15)11-7-6-10(5-4-8-14)9-12(11)16-2/h6-7,9H,3-5,8H2,1-2H3. The number of carbonyl (C=O) groups is 1. The molecule has 1 rings (SSSR count). The van der Waals surface area contributed by atoms with E-state index in [1.165, 1.54) is 0 Å². The van der Waals surface area contributed by atoms with Gasteiger partial charge < -0.3 is 9.47 Å². The molecule has 0 unspecified atom stereocenters. The Balaban J connectivity index is 2.88. The van der Waals surface area contributed by atoms with E-state index in [4.69, 9.17) is 21.1 Å². The number of rotatable bonds is 6. The number of esters is 1. The molecule has 0 atom stereocenters. The number of benzene rings is 1. The highest BCUT2D eigenvalue weighted by Crippen LogP contribution is 2.22. The largest absolute Gasteiger partial charge is 0.496 e. The van der Waals surface area contributed by atoms with Crippen LogP contribution in [0.25, 0.3) is 0 Å². The minimum Gasteiger partial charge on any atom is -0.496 e. The Hall–Kier alpha value is -1.22. The van der Waals surface area contributed by atoms with Crippen LogP contribution in [0.2, 0.25) is 0 Å². The van der Waals surface area contributed by atoms with Gasteiger partial charge in [-0.15, -0.1) is 11.6 Å². The van der Waals surface area contributed by atoms with Crippen molar-refractivity contribution in [3.8, 4) is 5.75 Å². The molecular formula is C13H17ClO3. The van der Waals surface area contributed by atoms with E-state index in [1.54, 1.807) is 20.1 Å². The number of hydrogen-bond acceptors (Lipinski definition) is 3. The van der Waals surface area contributed by atoms with Gasteiger partial charge in [-0.3, -0.25) is 0 Å². The van der Waals surface area contributed by atoms with Crippen molar-refractivity contribution in [2.24, 2.45) is 0 Å². The van der Waals surface area contributed by atoms with Gasteiger partial charge in [0.15, 0.2) is 0 Å². The van der Waals surface area contributed by atoms with Crippen molar-refractivity contribution in [3.63, 3.8) is 0 Å². The second kappa shape index (κ2) is 7.17. The molecule has 0 radical (unpaired) electrons. The Morgan fingerprint density at radius 3 is 2.76 bits per heavy atom. The van der Waals surface area contributed by atoms with Gasteiger partial charge in [0.1, 0.15) is 11.3 Å². The molecule has 0 aliphatic rings. The first kappa shape index (κ1) is 13.8. The average Bonchev–Trinajstić information content (AvgIpc) is 2.36. The van der Waals surface area contributed by atoms with Gasteiger partial charge in [-0.2, -0.15) is 0 Å². The highest BCUT2D eigenvalue weighted by Gasteiger charge is 2.13. The first-order valence-corrected chi connectivity index (χ1v) is 6.16. The molecule has 17 heavy (non-hydrogen) atoms. The summed E-state index contributed by atoms with van der Waals surface area (Å²) in [5.41, 5.74) is 1.57. The maximum Gasteiger partial charge on any atom is 0.341 e. The molecule has 4 heteroatoms. The summed E-state index contributed by atoms with van der Waals surface area (Å²) in [6.07, 6.45) is 1.78. The van der Waals surface area contributed by atoms with Gasteiger partial charge in [-0.1, -0.05) is 6.07 Å². The van der Waals surface area contributed by atoms with E-state index in [1.807, 2.05) is 12.1 Å². The van der Waals surface area contributed by atoms with Crippen LogP contribution in [0.4, 0.5) is 0 Å². The quantitative estimate of drug-likeness (QED) is 0.580. The molecule has 0 aliphatic carbocycles. The summed E-state index contributed by atoms with van der Waals surface area (Å²) in [7, 11) is 1.55. The van der Waals surface area contributed by atoms with Gasteiger partial charge in [0.05, 0.1) is 13.7 Å². The monoisotopic (exact) mass is 256 g/mol. The van der Waals surface area contributed by atoms with E-state index in [2.05, 4.69) is 0 Å². The van der Waals surface area contributed by atoms with Crippen molar-refractivity contribution in [1.82, 2.24) is 0 Å². The zero-order valence-corrected chi connectivity index (χ0v) is 10.9. The van der Waals surface area contributed by atoms with Gasteiger partial charge in [0, 0.05) is 5.88 Å². The van der Waals surface area contributed by atoms with Crippen molar-refractivity contribution in [2.75, 3.05) is 19.6 Å². The Morgan fingerprint density at radius 2 is 2.18 bits per heavy atom. The third-order valence-electron chi connectivity index (χ3n) is 2.36. The fourth-order valence-corrected chi connectivity index (χ4v) is 1.67. The van der Waals surface area contributed by atoms with Gasteiger partial charge in [0.2, 0.25) is 0 Å². The van der Waals surface area contributed by atoms with E-state index >= 15 is 0 Å². The Bertz CT molecular complexity index is 377. The predicted octanol–water partition coefficient (Wildman–Crippen LogP) is 3.04. The molecule has 0 amide bonds. The van der Waals surface area contributed by atoms with Crippen molar-refractivity contribution in [1.29, 1.82) is 0 Å². The van der Waals surface area contributed by atoms with Gasteiger partial charge >= 0.3 is 5.97 Å². The van der Waals surface area contributed by atoms with Crippen LogP contribution in [-0.4, -0.2) is 25.6 Å². The summed E-state index contributed by atoms with van der Waals surface area (Å²) < 4.78 is 10.2. The number of alkyl halides is 1. The molecule has 1 aromatic rings. The number of ether oxygens (including phenoxy) is 2. The predicted molar refractivity (Wildman–Crippen MR) is 68.0 cm³/mol. The maximum absolute atomic E-state index is 11.6. The van der Waals surface area contributed by atoms with Crippen molar-refractivity contribution >= 4 is 17.6 Å². The fraction of sp³-hybridized carbons (Fsp3) is 0.462. The zero-order valence-electron chi connectivity index (χ0n) is 10.2. The SMILES string of the molecule is CCOC(=O)c1ccc(CCCCl)cc1OC. The summed E-state index contributed by atoms with van der Waals surface area (Å²) in [6, 6.07) is 5.50. The molecule has 1 aromatic carbocycles. The second-order valence-corrected chi connectivity index (χ2v) is 3.93. The lowest BCUT2D eigenvalue weighted by Gasteiger charge is -2.09. The molecule has 0 N–H and O–H groups in total. The normalized spacial score (nSPS) is 10.1. The van der Waals surface area contributed by atoms with Crippen LogP contribution >= 0.6 is 11.6 Å². The minimum absolute atomic E-state index is 0.353. The van der Waals surface area contributed by atoms with Gasteiger partial charge in [-0.25, -0.2) is 4.79 Å². The number of hydrogen-bond donors (Lipinski definition) is 0. The molecule has 0 aromatic heterocycles. The Labute approximate surface area is 107 Å². The van der Waals surface area contributed by atoms with Crippen LogP contribution < -0.4 is 4.74 Å². The number of aryl methyl sites for hydroxylation is 1. The summed E-state index contributed by atoms with van der Waals surface area (Å²) in [6.45, 7) is 2.13. The number of carbonyl (C=O) groups excluding carboxylic acids is 1. The minimum atomic E-state index is -0.353. The van der Waals surface area contributed by atoms with E-state index in [0.717, 1.165) is 18.4 Å². The lowest BCUT2D eigenvalue weighted by Crippen LogP contribution is -2.07. The van der Waals surface area contributed by atoms with E-state index in [0.29, 0.717) is 23.8 Å². The molecule has 0 saturated heterocycles. The Kier molecular flexibility index (Phi) is 5.84. The number of methoxy groups -OCH3 is 1. The summed E-state index contributed by atoms with van der Waals surface area (Å²) >= 11 is 5.64. The molecule has 0 spiro atoms. The molecule has 0 aliphatic heterocycles. The summed E-state index contributed by atoms with van der Waals surface area (Å²) in [5, 5.41) is 0. The van der Waals surface area contributed by atoms with E-state index < -0.39 is 0 Å². The molecule has 3 nitrogen and oxygen atoms in total. The van der Waals surface area contributed by atoms with E-state index in [-0.39, 0.29) is 5.97 Å². The molecule has 0 fully saturated rings. The summed E-state index contributed by atoms with van der Waals surface area (Å²) in [4.78, 5) is 11.6. The molecule has 0 heterocycles. The summed E-state index contributed by atoms with van der Waals surface area (Å²) in [5.74, 6) is 0.825. The van der Waals surface area contributed by atoms with Crippen LogP contribution in [0.1, 0.15) is 29.3 Å². The highest BCUT2D eigenvalue weighted by atomic mass is 35.5. The topological polar surface area (TPSA) is 35.5 Å². The Morgan fingerprint density at radius 1 is 1.41 bits per heavy atom. The van der Waals surface area contributed by atoms with Crippen LogP contribution in [0.3, 0.4) is 0 Å². The third-order valence-corrected chi connectivity index (χ3v) is 2.63. The van der Waals surface area contributed by atoms with Crippen LogP contribution in [-0.2, 0) is 11.2 Å². The maximum atomic E-state index is 11.6. The number of halogens is 1. The first-order valence-electron chi connectivity index (χ1n) is 5.63. The van der Waals surface area contributed by atoms with Crippen LogP contribution in [0.15, 0.2) is 18.2 Å². The molecule has 0 saturated carbocycles. The second-order valence-electron chi connectivity index (χ2n) is 3.55. The average molecular weight is 257 g/mol. The van der Waals surface area contributed by atoms with Crippen molar-refractivity contribution in [2.45, 2.75) is 19.8 Å². The fourth-order valence-electron chi connectivity index (χ4n) is 1.54. The van der Waals surface area contributed by atoms with E-state index in [9.17, 15) is 4.79 Å². The van der Waals surface area contributed by atoms with Gasteiger partial charge in [0.25, 0.3) is 0 Å². The van der Waals surface area contributed by atoms with Crippen molar-refractivity contribution < 1.29 is 14.3 Å². The van der Waals surface area contributed by atoms with Gasteiger partial charge in [-0.05, 0) is 37.5 Å². The highest BCUT2D eigenvalue weighted by molar-refractivity contribution is 6.17. The smallest absolute Gasteiger partial charge is 0.341 e. The molecule has 94 valence electrons. The molecule has 0 bridgehead atoms. The lowest BCUT2D eigenvalue weighted by atomic mass is 10.1. The van der Waals surface area contributed by atoms with Crippen LogP contribution in [0.5, 0.6) is 5.75 Å². The van der Waals surface area contributed by atoms with Crippen LogP contribution in [0, 0.1) is 0 Å².